The van der Waals surface area contributed by atoms with Crippen molar-refractivity contribution in [3.8, 4) is 0 Å². The molecule has 1 aliphatic rings. The summed E-state index contributed by atoms with van der Waals surface area (Å²) in [6, 6.07) is 6.31. The van der Waals surface area contributed by atoms with E-state index in [2.05, 4.69) is 12.2 Å². The van der Waals surface area contributed by atoms with E-state index in [9.17, 15) is 4.79 Å². The summed E-state index contributed by atoms with van der Waals surface area (Å²) in [5, 5.41) is 3.68. The third-order valence-electron chi connectivity index (χ3n) is 4.42. The number of anilines is 1. The van der Waals surface area contributed by atoms with Gasteiger partial charge in [0.15, 0.2) is 0 Å². The Morgan fingerprint density at radius 1 is 1.35 bits per heavy atom. The summed E-state index contributed by atoms with van der Waals surface area (Å²) in [4.78, 5) is 11.5. The van der Waals surface area contributed by atoms with Crippen LogP contribution in [0.15, 0.2) is 18.2 Å². The molecule has 20 heavy (non-hydrogen) atoms. The van der Waals surface area contributed by atoms with E-state index < -0.39 is 0 Å². The van der Waals surface area contributed by atoms with Gasteiger partial charge in [0.05, 0.1) is 12.7 Å². The van der Waals surface area contributed by atoms with Gasteiger partial charge in [-0.1, -0.05) is 26.2 Å². The van der Waals surface area contributed by atoms with Crippen LogP contribution in [0.5, 0.6) is 0 Å². The second kappa shape index (κ2) is 6.78. The summed E-state index contributed by atoms with van der Waals surface area (Å²) in [5.74, 6) is 0.493. The molecule has 0 bridgehead atoms. The Labute approximate surface area is 121 Å². The van der Waals surface area contributed by atoms with Gasteiger partial charge >= 0.3 is 5.97 Å². The molecule has 0 radical (unpaired) electrons. The van der Waals surface area contributed by atoms with Gasteiger partial charge in [0.25, 0.3) is 0 Å². The van der Waals surface area contributed by atoms with Crippen molar-refractivity contribution in [3.63, 3.8) is 0 Å². The third kappa shape index (κ3) is 3.33. The predicted molar refractivity (Wildman–Crippen MR) is 82.2 cm³/mol. The molecule has 1 aromatic rings. The zero-order chi connectivity index (χ0) is 14.5. The van der Waals surface area contributed by atoms with Gasteiger partial charge < -0.3 is 10.1 Å². The number of methoxy groups -OCH3 is 1. The van der Waals surface area contributed by atoms with Gasteiger partial charge in [-0.05, 0) is 49.4 Å². The van der Waals surface area contributed by atoms with Crippen LogP contribution in [0.1, 0.15) is 54.9 Å². The van der Waals surface area contributed by atoms with Crippen molar-refractivity contribution >= 4 is 11.7 Å². The first kappa shape index (κ1) is 14.9. The highest BCUT2D eigenvalue weighted by Gasteiger charge is 2.23. The maximum atomic E-state index is 11.5. The average Bonchev–Trinajstić information content (AvgIpc) is 2.49. The van der Waals surface area contributed by atoms with Gasteiger partial charge in [0, 0.05) is 11.7 Å². The fraction of sp³-hybridized carbons (Fsp3) is 0.588. The fourth-order valence-corrected chi connectivity index (χ4v) is 3.16. The number of aryl methyl sites for hydroxylation is 1. The zero-order valence-corrected chi connectivity index (χ0v) is 12.7. The molecular formula is C17H25NO2. The number of ether oxygens (including phenoxy) is 1. The van der Waals surface area contributed by atoms with Crippen molar-refractivity contribution in [2.75, 3.05) is 12.4 Å². The molecule has 1 N–H and O–H groups in total. The van der Waals surface area contributed by atoms with E-state index >= 15 is 0 Å². The van der Waals surface area contributed by atoms with Crippen LogP contribution in [0, 0.1) is 12.8 Å². The van der Waals surface area contributed by atoms with Crippen LogP contribution in [0.2, 0.25) is 0 Å². The number of carbonyl (C=O) groups is 1. The molecule has 1 saturated carbocycles. The van der Waals surface area contributed by atoms with Gasteiger partial charge in [0.2, 0.25) is 0 Å². The maximum Gasteiger partial charge on any atom is 0.337 e. The van der Waals surface area contributed by atoms with E-state index in [1.165, 1.54) is 39.2 Å². The summed E-state index contributed by atoms with van der Waals surface area (Å²) in [6.45, 7) is 4.32. The number of carbonyl (C=O) groups excluding carboxylic acids is 1. The van der Waals surface area contributed by atoms with Crippen LogP contribution < -0.4 is 5.32 Å². The van der Waals surface area contributed by atoms with Crippen LogP contribution in [0.3, 0.4) is 0 Å². The highest BCUT2D eigenvalue weighted by Crippen LogP contribution is 2.30. The number of hydrogen-bond donors (Lipinski definition) is 1. The normalized spacial score (nSPS) is 22.4. The van der Waals surface area contributed by atoms with Crippen LogP contribution in [-0.2, 0) is 4.74 Å². The minimum absolute atomic E-state index is 0.274. The molecule has 3 nitrogen and oxygen atoms in total. The first-order valence-electron chi connectivity index (χ1n) is 7.61. The van der Waals surface area contributed by atoms with Crippen LogP contribution in [0.25, 0.3) is 0 Å². The summed E-state index contributed by atoms with van der Waals surface area (Å²) in [7, 11) is 1.41. The van der Waals surface area contributed by atoms with E-state index in [1.54, 1.807) is 0 Å². The highest BCUT2D eigenvalue weighted by molar-refractivity contribution is 5.90. The van der Waals surface area contributed by atoms with E-state index in [0.29, 0.717) is 11.6 Å². The molecule has 3 heteroatoms. The van der Waals surface area contributed by atoms with Gasteiger partial charge in [-0.15, -0.1) is 0 Å². The Morgan fingerprint density at radius 2 is 2.10 bits per heavy atom. The minimum atomic E-state index is -0.274. The molecule has 1 fully saturated rings. The molecule has 2 rings (SSSR count). The van der Waals surface area contributed by atoms with Crippen LogP contribution >= 0.6 is 0 Å². The first-order chi connectivity index (χ1) is 9.65. The number of benzene rings is 1. The first-order valence-corrected chi connectivity index (χ1v) is 7.61. The SMILES string of the molecule is CCC1CCCCC1Nc1ccc(C(=O)OC)cc1C. The van der Waals surface area contributed by atoms with Crippen molar-refractivity contribution < 1.29 is 9.53 Å². The Kier molecular flexibility index (Phi) is 5.05. The molecule has 0 saturated heterocycles. The van der Waals surface area contributed by atoms with Gasteiger partial charge in [-0.2, -0.15) is 0 Å². The quantitative estimate of drug-likeness (QED) is 0.838. The molecule has 0 spiro atoms. The zero-order valence-electron chi connectivity index (χ0n) is 12.7. The lowest BCUT2D eigenvalue weighted by Gasteiger charge is -2.32. The second-order valence-electron chi connectivity index (χ2n) is 5.72. The highest BCUT2D eigenvalue weighted by atomic mass is 16.5. The van der Waals surface area contributed by atoms with Crippen molar-refractivity contribution in [1.82, 2.24) is 0 Å². The number of hydrogen-bond acceptors (Lipinski definition) is 3. The predicted octanol–water partition coefficient (Wildman–Crippen LogP) is 4.16. The molecule has 2 atom stereocenters. The number of esters is 1. The molecule has 0 aromatic heterocycles. The molecule has 0 amide bonds. The summed E-state index contributed by atoms with van der Waals surface area (Å²) >= 11 is 0. The second-order valence-corrected chi connectivity index (χ2v) is 5.72. The largest absolute Gasteiger partial charge is 0.465 e. The molecular weight excluding hydrogens is 250 g/mol. The van der Waals surface area contributed by atoms with Crippen molar-refractivity contribution in [2.24, 2.45) is 5.92 Å². The lowest BCUT2D eigenvalue weighted by Crippen LogP contribution is -2.32. The average molecular weight is 275 g/mol. The Morgan fingerprint density at radius 3 is 2.75 bits per heavy atom. The van der Waals surface area contributed by atoms with Crippen molar-refractivity contribution in [3.05, 3.63) is 29.3 Å². The maximum absolute atomic E-state index is 11.5. The molecule has 1 aromatic carbocycles. The third-order valence-corrected chi connectivity index (χ3v) is 4.42. The smallest absolute Gasteiger partial charge is 0.337 e. The van der Waals surface area contributed by atoms with Crippen LogP contribution in [-0.4, -0.2) is 19.1 Å². The van der Waals surface area contributed by atoms with E-state index in [1.807, 2.05) is 25.1 Å². The number of nitrogens with one attached hydrogen (secondary N) is 1. The lowest BCUT2D eigenvalue weighted by atomic mass is 9.82. The molecule has 0 heterocycles. The molecule has 1 aliphatic carbocycles. The van der Waals surface area contributed by atoms with Crippen LogP contribution in [0.4, 0.5) is 5.69 Å². The number of rotatable bonds is 4. The lowest BCUT2D eigenvalue weighted by molar-refractivity contribution is 0.0600. The summed E-state index contributed by atoms with van der Waals surface area (Å²) in [6.07, 6.45) is 6.48. The molecule has 0 aliphatic heterocycles. The Balaban J connectivity index is 2.11. The van der Waals surface area contributed by atoms with E-state index in [0.717, 1.165) is 17.2 Å². The van der Waals surface area contributed by atoms with E-state index in [4.69, 9.17) is 4.74 Å². The van der Waals surface area contributed by atoms with Gasteiger partial charge in [-0.3, -0.25) is 0 Å². The van der Waals surface area contributed by atoms with Gasteiger partial charge in [-0.25, -0.2) is 4.79 Å². The topological polar surface area (TPSA) is 38.3 Å². The van der Waals surface area contributed by atoms with Gasteiger partial charge in [0.1, 0.15) is 0 Å². The summed E-state index contributed by atoms with van der Waals surface area (Å²) < 4.78 is 4.76. The fourth-order valence-electron chi connectivity index (χ4n) is 3.16. The Hall–Kier alpha value is -1.51. The standard InChI is InChI=1S/C17H25NO2/c1-4-13-7-5-6-8-16(13)18-15-10-9-14(11-12(15)2)17(19)20-3/h9-11,13,16,18H,4-8H2,1-3H3. The molecule has 110 valence electrons. The van der Waals surface area contributed by atoms with Crippen molar-refractivity contribution in [2.45, 2.75) is 52.0 Å². The van der Waals surface area contributed by atoms with E-state index in [-0.39, 0.29) is 5.97 Å². The monoisotopic (exact) mass is 275 g/mol. The summed E-state index contributed by atoms with van der Waals surface area (Å²) in [5.41, 5.74) is 2.86. The van der Waals surface area contributed by atoms with Crippen molar-refractivity contribution in [1.29, 1.82) is 0 Å². The molecule has 2 unspecified atom stereocenters. The minimum Gasteiger partial charge on any atom is -0.465 e. The Bertz CT molecular complexity index is 470.